The Balaban J connectivity index is 1.35. The highest BCUT2D eigenvalue weighted by molar-refractivity contribution is 5.90. The third-order valence-electron chi connectivity index (χ3n) is 7.26. The van der Waals surface area contributed by atoms with Crippen LogP contribution < -0.4 is 14.8 Å². The van der Waals surface area contributed by atoms with E-state index in [1.165, 1.54) is 0 Å². The molecule has 3 aromatic carbocycles. The number of benzene rings is 3. The fourth-order valence-electron chi connectivity index (χ4n) is 5.45. The number of urea groups is 1. The molecule has 7 rings (SSSR count). The van der Waals surface area contributed by atoms with Crippen molar-refractivity contribution >= 4 is 11.7 Å². The number of aryl methyl sites for hydroxylation is 1. The SMILES string of the molecule is Cc1nn(-c2ccccc2)c2c1CN(C(=O)Nc1ccc3c(c1)OCCO3)[C@H](c1ccccc1)c1cccn1-2. The van der Waals surface area contributed by atoms with Crippen molar-refractivity contribution in [2.24, 2.45) is 0 Å². The van der Waals surface area contributed by atoms with E-state index in [0.29, 0.717) is 36.9 Å². The minimum Gasteiger partial charge on any atom is -0.486 e. The van der Waals surface area contributed by atoms with Crippen molar-refractivity contribution in [3.05, 3.63) is 120 Å². The lowest BCUT2D eigenvalue weighted by molar-refractivity contribution is 0.171. The molecule has 0 saturated carbocycles. The molecular formula is C31H27N5O3. The minimum atomic E-state index is -0.325. The van der Waals surface area contributed by atoms with Crippen LogP contribution in [0.5, 0.6) is 11.5 Å². The van der Waals surface area contributed by atoms with Gasteiger partial charge in [0.05, 0.1) is 29.7 Å². The number of carbonyl (C=O) groups excluding carboxylic acids is 1. The van der Waals surface area contributed by atoms with Gasteiger partial charge in [-0.1, -0.05) is 48.5 Å². The molecule has 0 unspecified atom stereocenters. The number of hydrogen-bond acceptors (Lipinski definition) is 4. The summed E-state index contributed by atoms with van der Waals surface area (Å²) in [5.41, 5.74) is 5.48. The lowest BCUT2D eigenvalue weighted by atomic mass is 10.0. The quantitative estimate of drug-likeness (QED) is 0.324. The van der Waals surface area contributed by atoms with E-state index in [1.807, 2.05) is 95.5 Å². The minimum absolute atomic E-state index is 0.215. The summed E-state index contributed by atoms with van der Waals surface area (Å²) in [5.74, 6) is 2.25. The molecule has 4 heterocycles. The number of amides is 2. The van der Waals surface area contributed by atoms with Crippen LogP contribution >= 0.6 is 0 Å². The molecule has 2 aliphatic heterocycles. The van der Waals surface area contributed by atoms with Crippen molar-refractivity contribution in [1.82, 2.24) is 19.2 Å². The molecule has 39 heavy (non-hydrogen) atoms. The van der Waals surface area contributed by atoms with Crippen molar-refractivity contribution in [3.63, 3.8) is 0 Å². The van der Waals surface area contributed by atoms with Gasteiger partial charge in [0.25, 0.3) is 0 Å². The van der Waals surface area contributed by atoms with Crippen LogP contribution in [0.1, 0.15) is 28.6 Å². The number of para-hydroxylation sites is 1. The van der Waals surface area contributed by atoms with Crippen molar-refractivity contribution in [2.75, 3.05) is 18.5 Å². The average molecular weight is 518 g/mol. The highest BCUT2D eigenvalue weighted by Crippen LogP contribution is 2.39. The number of ether oxygens (including phenoxy) is 2. The molecule has 8 nitrogen and oxygen atoms in total. The largest absolute Gasteiger partial charge is 0.486 e. The van der Waals surface area contributed by atoms with Crippen LogP contribution in [0.25, 0.3) is 11.5 Å². The Bertz CT molecular complexity index is 1660. The summed E-state index contributed by atoms with van der Waals surface area (Å²) in [4.78, 5) is 16.0. The number of nitrogens with one attached hydrogen (secondary N) is 1. The molecule has 0 aliphatic carbocycles. The maximum atomic E-state index is 14.1. The Kier molecular flexibility index (Phi) is 5.58. The van der Waals surface area contributed by atoms with E-state index in [0.717, 1.165) is 34.0 Å². The Morgan fingerprint density at radius 2 is 1.64 bits per heavy atom. The van der Waals surface area contributed by atoms with Gasteiger partial charge < -0.3 is 24.3 Å². The van der Waals surface area contributed by atoms with Crippen LogP contribution in [0.2, 0.25) is 0 Å². The molecule has 194 valence electrons. The maximum absolute atomic E-state index is 14.1. The van der Waals surface area contributed by atoms with Gasteiger partial charge in [-0.25, -0.2) is 9.48 Å². The molecule has 0 radical (unpaired) electrons. The second-order valence-corrected chi connectivity index (χ2v) is 9.67. The van der Waals surface area contributed by atoms with Crippen LogP contribution in [0.3, 0.4) is 0 Å². The second-order valence-electron chi connectivity index (χ2n) is 9.67. The summed E-state index contributed by atoms with van der Waals surface area (Å²) >= 11 is 0. The molecule has 5 aromatic rings. The van der Waals surface area contributed by atoms with Crippen LogP contribution in [-0.2, 0) is 6.54 Å². The first-order chi connectivity index (χ1) is 19.2. The highest BCUT2D eigenvalue weighted by Gasteiger charge is 2.36. The first kappa shape index (κ1) is 23.2. The molecular weight excluding hydrogens is 490 g/mol. The first-order valence-electron chi connectivity index (χ1n) is 13.0. The predicted octanol–water partition coefficient (Wildman–Crippen LogP) is 5.88. The van der Waals surface area contributed by atoms with Crippen molar-refractivity contribution in [3.8, 4) is 23.0 Å². The van der Waals surface area contributed by atoms with Gasteiger partial charge in [0.15, 0.2) is 11.5 Å². The topological polar surface area (TPSA) is 73.6 Å². The number of rotatable bonds is 3. The van der Waals surface area contributed by atoms with Gasteiger partial charge in [0.1, 0.15) is 19.0 Å². The van der Waals surface area contributed by atoms with Gasteiger partial charge >= 0.3 is 6.03 Å². The van der Waals surface area contributed by atoms with Gasteiger partial charge in [-0.3, -0.25) is 0 Å². The van der Waals surface area contributed by atoms with Crippen molar-refractivity contribution in [1.29, 1.82) is 0 Å². The molecule has 0 spiro atoms. The lowest BCUT2D eigenvalue weighted by Gasteiger charge is -2.31. The average Bonchev–Trinajstić information content (AvgIpc) is 3.54. The smallest absolute Gasteiger partial charge is 0.322 e. The fourth-order valence-corrected chi connectivity index (χ4v) is 5.45. The Labute approximate surface area is 226 Å². The van der Waals surface area contributed by atoms with E-state index in [9.17, 15) is 4.79 Å². The monoisotopic (exact) mass is 517 g/mol. The standard InChI is InChI=1S/C31H27N5O3/c1-21-25-20-35(31(37)32-23-14-15-27-28(19-23)39-18-17-38-27)29(22-9-4-2-5-10-22)26-13-8-16-34(26)30(25)36(33-21)24-11-6-3-7-12-24/h2-16,19,29H,17-18,20H2,1H3,(H,32,37)/t29-/m1/s1. The molecule has 0 saturated heterocycles. The number of hydrogen-bond donors (Lipinski definition) is 1. The van der Waals surface area contributed by atoms with Gasteiger partial charge in [-0.15, -0.1) is 0 Å². The third-order valence-corrected chi connectivity index (χ3v) is 7.26. The molecule has 1 atom stereocenters. The maximum Gasteiger partial charge on any atom is 0.322 e. The van der Waals surface area contributed by atoms with Gasteiger partial charge in [-0.05, 0) is 48.9 Å². The van der Waals surface area contributed by atoms with Crippen LogP contribution in [0.15, 0.2) is 97.2 Å². The zero-order chi connectivity index (χ0) is 26.3. The summed E-state index contributed by atoms with van der Waals surface area (Å²) in [6.07, 6.45) is 2.05. The summed E-state index contributed by atoms with van der Waals surface area (Å²) in [5, 5.41) is 8.03. The molecule has 0 fully saturated rings. The van der Waals surface area contributed by atoms with E-state index in [4.69, 9.17) is 14.6 Å². The lowest BCUT2D eigenvalue weighted by Crippen LogP contribution is -2.38. The van der Waals surface area contributed by atoms with Crippen LogP contribution in [0.4, 0.5) is 10.5 Å². The van der Waals surface area contributed by atoms with Crippen molar-refractivity contribution < 1.29 is 14.3 Å². The van der Waals surface area contributed by atoms with E-state index >= 15 is 0 Å². The molecule has 8 heteroatoms. The number of aromatic nitrogens is 3. The molecule has 2 amide bonds. The predicted molar refractivity (Wildman–Crippen MR) is 148 cm³/mol. The number of carbonyl (C=O) groups is 1. The fraction of sp³-hybridized carbons (Fsp3) is 0.161. The molecule has 1 N–H and O–H groups in total. The molecule has 2 aromatic heterocycles. The Morgan fingerprint density at radius 1 is 0.897 bits per heavy atom. The normalized spacial score (nSPS) is 15.7. The van der Waals surface area contributed by atoms with Crippen molar-refractivity contribution in [2.45, 2.75) is 19.5 Å². The summed E-state index contributed by atoms with van der Waals surface area (Å²) < 4.78 is 15.5. The van der Waals surface area contributed by atoms with Crippen LogP contribution in [0, 0.1) is 6.92 Å². The Hall–Kier alpha value is -4.98. The zero-order valence-electron chi connectivity index (χ0n) is 21.4. The van der Waals surface area contributed by atoms with Crippen LogP contribution in [-0.4, -0.2) is 38.5 Å². The summed E-state index contributed by atoms with van der Waals surface area (Å²) in [7, 11) is 0. The number of nitrogens with zero attached hydrogens (tertiary/aromatic N) is 4. The summed E-state index contributed by atoms with van der Waals surface area (Å²) in [6, 6.07) is 29.3. The zero-order valence-corrected chi connectivity index (χ0v) is 21.4. The number of anilines is 1. The molecule has 0 bridgehead atoms. The second kappa shape index (κ2) is 9.40. The van der Waals surface area contributed by atoms with E-state index < -0.39 is 0 Å². The summed E-state index contributed by atoms with van der Waals surface area (Å²) in [6.45, 7) is 3.38. The van der Waals surface area contributed by atoms with E-state index in [-0.39, 0.29) is 12.1 Å². The van der Waals surface area contributed by atoms with Gasteiger partial charge in [0, 0.05) is 23.5 Å². The molecule has 2 aliphatic rings. The third kappa shape index (κ3) is 4.01. The number of fused-ring (bicyclic) bond motifs is 4. The first-order valence-corrected chi connectivity index (χ1v) is 13.0. The van der Waals surface area contributed by atoms with Gasteiger partial charge in [-0.2, -0.15) is 5.10 Å². The highest BCUT2D eigenvalue weighted by atomic mass is 16.6. The van der Waals surface area contributed by atoms with E-state index in [1.54, 1.807) is 0 Å². The Morgan fingerprint density at radius 3 is 2.44 bits per heavy atom. The van der Waals surface area contributed by atoms with Gasteiger partial charge in [0.2, 0.25) is 0 Å². The van der Waals surface area contributed by atoms with E-state index in [2.05, 4.69) is 28.1 Å².